The van der Waals surface area contributed by atoms with E-state index in [-0.39, 0.29) is 6.42 Å². The van der Waals surface area contributed by atoms with Gasteiger partial charge in [-0.2, -0.15) is 5.26 Å². The van der Waals surface area contributed by atoms with Gasteiger partial charge in [-0.1, -0.05) is 18.2 Å². The lowest BCUT2D eigenvalue weighted by molar-refractivity contribution is 0.259. The number of hydrogen-bond acceptors (Lipinski definition) is 2. The van der Waals surface area contributed by atoms with Crippen molar-refractivity contribution >= 4 is 11.7 Å². The van der Waals surface area contributed by atoms with Crippen molar-refractivity contribution in [3.05, 3.63) is 29.8 Å². The van der Waals surface area contributed by atoms with E-state index in [0.29, 0.717) is 5.69 Å². The Morgan fingerprint density at radius 1 is 1.54 bits per heavy atom. The van der Waals surface area contributed by atoms with Crippen molar-refractivity contribution in [1.82, 2.24) is 0 Å². The van der Waals surface area contributed by atoms with Crippen molar-refractivity contribution in [3.63, 3.8) is 0 Å². The zero-order chi connectivity index (χ0) is 9.68. The van der Waals surface area contributed by atoms with Gasteiger partial charge in [0.25, 0.3) is 0 Å². The molecule has 0 unspecified atom stereocenters. The molecule has 0 spiro atoms. The van der Waals surface area contributed by atoms with Gasteiger partial charge in [-0.25, -0.2) is 4.79 Å². The standard InChI is InChI=1S/C9H9N3O/c10-6-5-7-3-1-2-4-8(7)12-9(11)13/h1-4H,5H2,(H3,11,12,13). The molecule has 1 aromatic rings. The fourth-order valence-electron chi connectivity index (χ4n) is 1.01. The minimum absolute atomic E-state index is 0.260. The van der Waals surface area contributed by atoms with Crippen LogP contribution >= 0.6 is 0 Å². The predicted molar refractivity (Wildman–Crippen MR) is 49.0 cm³/mol. The third-order valence-corrected chi connectivity index (χ3v) is 1.54. The number of rotatable bonds is 2. The smallest absolute Gasteiger partial charge is 0.316 e. The van der Waals surface area contributed by atoms with Crippen LogP contribution < -0.4 is 11.1 Å². The Hall–Kier alpha value is -2.02. The summed E-state index contributed by atoms with van der Waals surface area (Å²) in [5.41, 5.74) is 6.32. The van der Waals surface area contributed by atoms with Gasteiger partial charge in [-0.15, -0.1) is 0 Å². The van der Waals surface area contributed by atoms with Gasteiger partial charge in [0.05, 0.1) is 12.5 Å². The molecule has 13 heavy (non-hydrogen) atoms. The second-order valence-corrected chi connectivity index (χ2v) is 2.48. The molecule has 2 amide bonds. The molecule has 1 rings (SSSR count). The van der Waals surface area contributed by atoms with Crippen LogP contribution in [0.3, 0.4) is 0 Å². The molecular formula is C9H9N3O. The highest BCUT2D eigenvalue weighted by atomic mass is 16.2. The predicted octanol–water partition coefficient (Wildman–Crippen LogP) is 1.24. The lowest BCUT2D eigenvalue weighted by Gasteiger charge is -2.05. The summed E-state index contributed by atoms with van der Waals surface area (Å²) in [7, 11) is 0. The zero-order valence-electron chi connectivity index (χ0n) is 6.95. The van der Waals surface area contributed by atoms with E-state index in [1.807, 2.05) is 6.07 Å². The average molecular weight is 175 g/mol. The fourth-order valence-corrected chi connectivity index (χ4v) is 1.01. The summed E-state index contributed by atoms with van der Waals surface area (Å²) in [4.78, 5) is 10.6. The van der Waals surface area contributed by atoms with Crippen LogP contribution in [0.4, 0.5) is 10.5 Å². The summed E-state index contributed by atoms with van der Waals surface area (Å²) in [5, 5.41) is 10.9. The van der Waals surface area contributed by atoms with Crippen LogP contribution in [0.15, 0.2) is 24.3 Å². The van der Waals surface area contributed by atoms with E-state index in [4.69, 9.17) is 11.0 Å². The molecule has 0 aromatic heterocycles. The maximum Gasteiger partial charge on any atom is 0.316 e. The number of carbonyl (C=O) groups excluding carboxylic acids is 1. The van der Waals surface area contributed by atoms with Crippen molar-refractivity contribution in [2.45, 2.75) is 6.42 Å². The Labute approximate surface area is 76.0 Å². The van der Waals surface area contributed by atoms with Crippen LogP contribution in [0, 0.1) is 11.3 Å². The lowest BCUT2D eigenvalue weighted by atomic mass is 10.1. The van der Waals surface area contributed by atoms with Crippen molar-refractivity contribution in [1.29, 1.82) is 5.26 Å². The van der Waals surface area contributed by atoms with Crippen molar-refractivity contribution in [2.75, 3.05) is 5.32 Å². The molecular weight excluding hydrogens is 166 g/mol. The van der Waals surface area contributed by atoms with Crippen LogP contribution in [0.5, 0.6) is 0 Å². The molecule has 0 saturated heterocycles. The number of benzene rings is 1. The van der Waals surface area contributed by atoms with E-state index >= 15 is 0 Å². The van der Waals surface area contributed by atoms with Gasteiger partial charge in [0.2, 0.25) is 0 Å². The van der Waals surface area contributed by atoms with E-state index in [0.717, 1.165) is 5.56 Å². The Morgan fingerprint density at radius 3 is 2.85 bits per heavy atom. The normalized spacial score (nSPS) is 8.85. The molecule has 0 aliphatic rings. The lowest BCUT2D eigenvalue weighted by Crippen LogP contribution is -2.20. The maximum atomic E-state index is 10.6. The molecule has 0 atom stereocenters. The summed E-state index contributed by atoms with van der Waals surface area (Å²) >= 11 is 0. The molecule has 0 aliphatic heterocycles. The molecule has 0 fully saturated rings. The molecule has 66 valence electrons. The molecule has 0 bridgehead atoms. The molecule has 4 nitrogen and oxygen atoms in total. The first-order chi connectivity index (χ1) is 6.24. The monoisotopic (exact) mass is 175 g/mol. The summed E-state index contributed by atoms with van der Waals surface area (Å²) in [5.74, 6) is 0. The summed E-state index contributed by atoms with van der Waals surface area (Å²) < 4.78 is 0. The second kappa shape index (κ2) is 4.12. The number of anilines is 1. The van der Waals surface area contributed by atoms with Gasteiger partial charge in [0, 0.05) is 5.69 Å². The average Bonchev–Trinajstić information content (AvgIpc) is 2.08. The quantitative estimate of drug-likeness (QED) is 0.709. The van der Waals surface area contributed by atoms with Gasteiger partial charge in [0.1, 0.15) is 0 Å². The third-order valence-electron chi connectivity index (χ3n) is 1.54. The fraction of sp³-hybridized carbons (Fsp3) is 0.111. The molecule has 1 aromatic carbocycles. The molecule has 0 aliphatic carbocycles. The maximum absolute atomic E-state index is 10.6. The van der Waals surface area contributed by atoms with Crippen LogP contribution in [0.2, 0.25) is 0 Å². The Kier molecular flexibility index (Phi) is 2.87. The zero-order valence-corrected chi connectivity index (χ0v) is 6.95. The highest BCUT2D eigenvalue weighted by Gasteiger charge is 2.01. The van der Waals surface area contributed by atoms with E-state index < -0.39 is 6.03 Å². The summed E-state index contributed by atoms with van der Waals surface area (Å²) in [6.45, 7) is 0. The van der Waals surface area contributed by atoms with Crippen molar-refractivity contribution < 1.29 is 4.79 Å². The minimum Gasteiger partial charge on any atom is -0.351 e. The number of para-hydroxylation sites is 1. The largest absolute Gasteiger partial charge is 0.351 e. The number of nitrogens with one attached hydrogen (secondary N) is 1. The number of hydrogen-bond donors (Lipinski definition) is 2. The SMILES string of the molecule is N#CCc1ccccc1NC(N)=O. The Morgan fingerprint density at radius 2 is 2.23 bits per heavy atom. The minimum atomic E-state index is -0.620. The van der Waals surface area contributed by atoms with E-state index in [2.05, 4.69) is 5.32 Å². The first-order valence-electron chi connectivity index (χ1n) is 3.75. The van der Waals surface area contributed by atoms with Gasteiger partial charge in [0.15, 0.2) is 0 Å². The second-order valence-electron chi connectivity index (χ2n) is 2.48. The molecule has 4 heteroatoms. The highest BCUT2D eigenvalue weighted by Crippen LogP contribution is 2.14. The van der Waals surface area contributed by atoms with Crippen molar-refractivity contribution in [2.24, 2.45) is 5.73 Å². The van der Waals surface area contributed by atoms with Crippen LogP contribution in [-0.2, 0) is 6.42 Å². The number of amides is 2. The first-order valence-corrected chi connectivity index (χ1v) is 3.75. The number of nitrogens with zero attached hydrogens (tertiary/aromatic N) is 1. The van der Waals surface area contributed by atoms with Gasteiger partial charge >= 0.3 is 6.03 Å². The number of primary amides is 1. The van der Waals surface area contributed by atoms with Crippen LogP contribution in [-0.4, -0.2) is 6.03 Å². The van der Waals surface area contributed by atoms with Crippen LogP contribution in [0.25, 0.3) is 0 Å². The Balaban J connectivity index is 2.92. The van der Waals surface area contributed by atoms with E-state index in [1.54, 1.807) is 24.3 Å². The van der Waals surface area contributed by atoms with Gasteiger partial charge in [-0.3, -0.25) is 0 Å². The van der Waals surface area contributed by atoms with E-state index in [1.165, 1.54) is 0 Å². The number of carbonyl (C=O) groups is 1. The highest BCUT2D eigenvalue weighted by molar-refractivity contribution is 5.88. The summed E-state index contributed by atoms with van der Waals surface area (Å²) in [6, 6.07) is 8.44. The molecule has 0 heterocycles. The summed E-state index contributed by atoms with van der Waals surface area (Å²) in [6.07, 6.45) is 0.260. The van der Waals surface area contributed by atoms with E-state index in [9.17, 15) is 4.79 Å². The van der Waals surface area contributed by atoms with Crippen molar-refractivity contribution in [3.8, 4) is 6.07 Å². The topological polar surface area (TPSA) is 78.9 Å². The number of nitrogens with two attached hydrogens (primary N) is 1. The molecule has 3 N–H and O–H groups in total. The van der Waals surface area contributed by atoms with Gasteiger partial charge in [-0.05, 0) is 11.6 Å². The number of nitriles is 1. The molecule has 0 radical (unpaired) electrons. The Bertz CT molecular complexity index is 354. The third kappa shape index (κ3) is 2.49. The van der Waals surface area contributed by atoms with Crippen LogP contribution in [0.1, 0.15) is 5.56 Å². The molecule has 0 saturated carbocycles. The number of urea groups is 1. The van der Waals surface area contributed by atoms with Gasteiger partial charge < -0.3 is 11.1 Å². The first kappa shape index (κ1) is 9.07.